The van der Waals surface area contributed by atoms with Crippen LogP contribution in [-0.2, 0) is 0 Å². The number of thiocarbonyl (C=S) groups is 1. The SMILES string of the molecule is CCCOc1c(Cl)cc(Cl)cc1C(C)CC(N)=S. The van der Waals surface area contributed by atoms with Crippen molar-refractivity contribution < 1.29 is 4.74 Å². The van der Waals surface area contributed by atoms with Crippen LogP contribution in [-0.4, -0.2) is 11.6 Å². The van der Waals surface area contributed by atoms with Crippen molar-refractivity contribution >= 4 is 40.4 Å². The summed E-state index contributed by atoms with van der Waals surface area (Å²) in [5, 5.41) is 1.12. The molecule has 0 fully saturated rings. The van der Waals surface area contributed by atoms with Gasteiger partial charge in [0.15, 0.2) is 0 Å². The van der Waals surface area contributed by atoms with Crippen LogP contribution in [0.25, 0.3) is 0 Å². The molecule has 0 bridgehead atoms. The lowest BCUT2D eigenvalue weighted by atomic mass is 9.97. The van der Waals surface area contributed by atoms with E-state index in [1.165, 1.54) is 0 Å². The van der Waals surface area contributed by atoms with Crippen LogP contribution >= 0.6 is 35.4 Å². The lowest BCUT2D eigenvalue weighted by Gasteiger charge is -2.18. The molecule has 0 radical (unpaired) electrons. The van der Waals surface area contributed by atoms with Crippen LogP contribution in [0.2, 0.25) is 10.0 Å². The van der Waals surface area contributed by atoms with Crippen molar-refractivity contribution in [2.45, 2.75) is 32.6 Å². The molecule has 0 aromatic heterocycles. The first kappa shape index (κ1) is 15.5. The number of benzene rings is 1. The summed E-state index contributed by atoms with van der Waals surface area (Å²) in [5.41, 5.74) is 6.53. The molecule has 1 rings (SSSR count). The maximum Gasteiger partial charge on any atom is 0.141 e. The van der Waals surface area contributed by atoms with Gasteiger partial charge in [-0.3, -0.25) is 0 Å². The molecule has 0 amide bonds. The zero-order chi connectivity index (χ0) is 13.7. The lowest BCUT2D eigenvalue weighted by molar-refractivity contribution is 0.313. The average Bonchev–Trinajstić information content (AvgIpc) is 2.26. The molecule has 1 atom stereocenters. The molecule has 0 aliphatic rings. The van der Waals surface area contributed by atoms with E-state index in [1.807, 2.05) is 19.9 Å². The van der Waals surface area contributed by atoms with E-state index >= 15 is 0 Å². The van der Waals surface area contributed by atoms with Gasteiger partial charge in [0.25, 0.3) is 0 Å². The Hall–Kier alpha value is -0.510. The zero-order valence-corrected chi connectivity index (χ0v) is 12.8. The van der Waals surface area contributed by atoms with Gasteiger partial charge in [-0.1, -0.05) is 49.3 Å². The Morgan fingerprint density at radius 2 is 2.11 bits per heavy atom. The first-order valence-corrected chi connectivity index (χ1v) is 7.02. The minimum absolute atomic E-state index is 0.130. The van der Waals surface area contributed by atoms with Gasteiger partial charge < -0.3 is 10.5 Å². The van der Waals surface area contributed by atoms with Crippen LogP contribution in [0, 0.1) is 0 Å². The molecule has 5 heteroatoms. The van der Waals surface area contributed by atoms with Gasteiger partial charge in [0.2, 0.25) is 0 Å². The highest BCUT2D eigenvalue weighted by Gasteiger charge is 2.17. The standard InChI is InChI=1S/C13H17Cl2NOS/c1-3-4-17-13-10(8(2)5-12(16)18)6-9(14)7-11(13)15/h6-8H,3-5H2,1-2H3,(H2,16,18). The summed E-state index contributed by atoms with van der Waals surface area (Å²) in [5.74, 6) is 0.817. The van der Waals surface area contributed by atoms with Gasteiger partial charge in [0.05, 0.1) is 16.6 Å². The number of rotatable bonds is 6. The van der Waals surface area contributed by atoms with E-state index in [9.17, 15) is 0 Å². The van der Waals surface area contributed by atoms with E-state index in [0.717, 1.165) is 12.0 Å². The first-order valence-electron chi connectivity index (χ1n) is 5.85. The molecule has 1 aromatic rings. The third-order valence-corrected chi connectivity index (χ3v) is 3.19. The first-order chi connectivity index (χ1) is 8.45. The molecule has 2 nitrogen and oxygen atoms in total. The number of hydrogen-bond acceptors (Lipinski definition) is 2. The molecule has 0 saturated carbocycles. The molecule has 0 saturated heterocycles. The largest absolute Gasteiger partial charge is 0.492 e. The number of hydrogen-bond donors (Lipinski definition) is 1. The van der Waals surface area contributed by atoms with Crippen molar-refractivity contribution in [3.8, 4) is 5.75 Å². The summed E-state index contributed by atoms with van der Waals surface area (Å²) in [4.78, 5) is 0.472. The Kier molecular flexibility index (Phi) is 6.19. The highest BCUT2D eigenvalue weighted by molar-refractivity contribution is 7.80. The summed E-state index contributed by atoms with van der Waals surface area (Å²) in [6.45, 7) is 4.69. The van der Waals surface area contributed by atoms with Crippen molar-refractivity contribution in [3.63, 3.8) is 0 Å². The van der Waals surface area contributed by atoms with Crippen LogP contribution in [0.4, 0.5) is 0 Å². The van der Waals surface area contributed by atoms with Gasteiger partial charge in [-0.25, -0.2) is 0 Å². The molecule has 18 heavy (non-hydrogen) atoms. The number of halogens is 2. The molecule has 0 spiro atoms. The Labute approximate surface area is 123 Å². The Morgan fingerprint density at radius 1 is 1.44 bits per heavy atom. The van der Waals surface area contributed by atoms with Crippen LogP contribution in [0.5, 0.6) is 5.75 Å². The van der Waals surface area contributed by atoms with Crippen LogP contribution in [0.3, 0.4) is 0 Å². The maximum absolute atomic E-state index is 6.18. The fourth-order valence-electron chi connectivity index (χ4n) is 1.71. The van der Waals surface area contributed by atoms with Crippen molar-refractivity contribution in [2.24, 2.45) is 5.73 Å². The topological polar surface area (TPSA) is 35.2 Å². The van der Waals surface area contributed by atoms with Gasteiger partial charge >= 0.3 is 0 Å². The molecule has 0 aliphatic carbocycles. The van der Waals surface area contributed by atoms with Crippen LogP contribution in [0.1, 0.15) is 38.2 Å². The second-order valence-corrected chi connectivity index (χ2v) is 5.59. The van der Waals surface area contributed by atoms with Gasteiger partial charge in [0, 0.05) is 17.0 Å². The Bertz CT molecular complexity index is 437. The second-order valence-electron chi connectivity index (χ2n) is 4.23. The van der Waals surface area contributed by atoms with Gasteiger partial charge in [-0.2, -0.15) is 0 Å². The monoisotopic (exact) mass is 305 g/mol. The van der Waals surface area contributed by atoms with Gasteiger partial charge in [-0.05, 0) is 24.5 Å². The van der Waals surface area contributed by atoms with E-state index in [-0.39, 0.29) is 5.92 Å². The highest BCUT2D eigenvalue weighted by atomic mass is 35.5. The number of nitrogens with two attached hydrogens (primary N) is 1. The van der Waals surface area contributed by atoms with E-state index in [1.54, 1.807) is 6.07 Å². The van der Waals surface area contributed by atoms with Crippen molar-refractivity contribution in [1.82, 2.24) is 0 Å². The van der Waals surface area contributed by atoms with Crippen molar-refractivity contribution in [3.05, 3.63) is 27.7 Å². The maximum atomic E-state index is 6.18. The molecule has 100 valence electrons. The van der Waals surface area contributed by atoms with Crippen molar-refractivity contribution in [2.75, 3.05) is 6.61 Å². The smallest absolute Gasteiger partial charge is 0.141 e. The number of ether oxygens (including phenoxy) is 1. The van der Waals surface area contributed by atoms with Gasteiger partial charge in [0.1, 0.15) is 5.75 Å². The Morgan fingerprint density at radius 3 is 2.67 bits per heavy atom. The molecular formula is C13H17Cl2NOS. The van der Waals surface area contributed by atoms with E-state index in [2.05, 4.69) is 0 Å². The molecule has 1 aromatic carbocycles. The molecule has 0 heterocycles. The summed E-state index contributed by atoms with van der Waals surface area (Å²) >= 11 is 17.1. The third kappa shape index (κ3) is 4.30. The van der Waals surface area contributed by atoms with E-state index < -0.39 is 0 Å². The van der Waals surface area contributed by atoms with E-state index in [4.69, 9.17) is 45.9 Å². The predicted octanol–water partition coefficient (Wildman–Crippen LogP) is 4.56. The zero-order valence-electron chi connectivity index (χ0n) is 10.5. The molecule has 2 N–H and O–H groups in total. The Balaban J connectivity index is 3.09. The summed E-state index contributed by atoms with van der Waals surface area (Å²) in [6.07, 6.45) is 1.52. The fraction of sp³-hybridized carbons (Fsp3) is 0.462. The predicted molar refractivity (Wildman–Crippen MR) is 82.1 cm³/mol. The summed E-state index contributed by atoms with van der Waals surface area (Å²) in [7, 11) is 0. The minimum atomic E-state index is 0.130. The van der Waals surface area contributed by atoms with Crippen LogP contribution < -0.4 is 10.5 Å². The quantitative estimate of drug-likeness (QED) is 0.782. The van der Waals surface area contributed by atoms with Gasteiger partial charge in [-0.15, -0.1) is 0 Å². The summed E-state index contributed by atoms with van der Waals surface area (Å²) < 4.78 is 5.70. The fourth-order valence-corrected chi connectivity index (χ4v) is 2.53. The second kappa shape index (κ2) is 7.17. The highest BCUT2D eigenvalue weighted by Crippen LogP contribution is 2.37. The average molecular weight is 306 g/mol. The minimum Gasteiger partial charge on any atom is -0.492 e. The molecule has 0 aliphatic heterocycles. The lowest BCUT2D eigenvalue weighted by Crippen LogP contribution is -2.12. The van der Waals surface area contributed by atoms with E-state index in [0.29, 0.717) is 33.8 Å². The normalized spacial score (nSPS) is 12.2. The molecule has 1 unspecified atom stereocenters. The molecular weight excluding hydrogens is 289 g/mol. The third-order valence-electron chi connectivity index (χ3n) is 2.53. The van der Waals surface area contributed by atoms with Crippen molar-refractivity contribution in [1.29, 1.82) is 0 Å². The summed E-state index contributed by atoms with van der Waals surface area (Å²) in [6, 6.07) is 3.55. The van der Waals surface area contributed by atoms with Crippen LogP contribution in [0.15, 0.2) is 12.1 Å².